The van der Waals surface area contributed by atoms with Crippen LogP contribution in [-0.4, -0.2) is 86.9 Å². The summed E-state index contributed by atoms with van der Waals surface area (Å²) >= 11 is 0. The molecular formula is C39H36N16O4S. The van der Waals surface area contributed by atoms with Gasteiger partial charge in [-0.25, -0.2) is 8.42 Å². The molecule has 0 saturated heterocycles. The van der Waals surface area contributed by atoms with Crippen molar-refractivity contribution in [1.82, 2.24) is 59.1 Å². The fourth-order valence-corrected chi connectivity index (χ4v) is 6.43. The SMILES string of the molecule is CS(=O)(=O)c1nc(N)n2nc(-c3ccco3)nc2n1.NCCc1ccc2cnccc2c1.Nc1nc(NCCc2ccc3cnccc3c2)nc2nc(-c3ccco3)nn12. The van der Waals surface area contributed by atoms with Crippen LogP contribution in [0.5, 0.6) is 0 Å². The molecule has 0 radical (unpaired) electrons. The number of hydrogen-bond donors (Lipinski definition) is 4. The van der Waals surface area contributed by atoms with Crippen molar-refractivity contribution in [2.45, 2.75) is 18.0 Å². The van der Waals surface area contributed by atoms with Gasteiger partial charge in [0, 0.05) is 48.4 Å². The molecular weight excluding hydrogens is 789 g/mol. The van der Waals surface area contributed by atoms with Crippen LogP contribution in [0.25, 0.3) is 56.3 Å². The molecule has 0 aliphatic carbocycles. The zero-order valence-corrected chi connectivity index (χ0v) is 32.7. The topological polar surface area (TPSA) is 288 Å². The van der Waals surface area contributed by atoms with Crippen molar-refractivity contribution >= 4 is 60.8 Å². The zero-order valence-electron chi connectivity index (χ0n) is 31.9. The maximum absolute atomic E-state index is 11.4. The molecule has 0 saturated carbocycles. The maximum Gasteiger partial charge on any atom is 0.259 e. The largest absolute Gasteiger partial charge is 0.461 e. The summed E-state index contributed by atoms with van der Waals surface area (Å²) in [4.78, 5) is 32.7. The predicted octanol–water partition coefficient (Wildman–Crippen LogP) is 4.07. The molecule has 0 unspecified atom stereocenters. The second-order valence-corrected chi connectivity index (χ2v) is 15.0. The number of fused-ring (bicyclic) bond motifs is 4. The van der Waals surface area contributed by atoms with E-state index in [0.29, 0.717) is 42.2 Å². The highest BCUT2D eigenvalue weighted by atomic mass is 32.2. The Hall–Kier alpha value is -7.91. The number of anilines is 3. The molecule has 2 aromatic carbocycles. The number of nitrogen functional groups attached to an aromatic ring is 2. The number of sulfone groups is 1. The Morgan fingerprint density at radius 3 is 1.73 bits per heavy atom. The van der Waals surface area contributed by atoms with E-state index in [2.05, 4.69) is 91.8 Å². The molecule has 0 atom stereocenters. The Morgan fingerprint density at radius 2 is 1.20 bits per heavy atom. The lowest BCUT2D eigenvalue weighted by Crippen LogP contribution is -2.12. The first kappa shape index (κ1) is 38.9. The average Bonchev–Trinajstić information content (AvgIpc) is 4.09. The molecule has 7 N–H and O–H groups in total. The van der Waals surface area contributed by atoms with Gasteiger partial charge in [0.2, 0.25) is 39.3 Å². The molecule has 0 aliphatic rings. The number of pyridine rings is 2. The summed E-state index contributed by atoms with van der Waals surface area (Å²) in [6, 6.07) is 23.6. The van der Waals surface area contributed by atoms with Crippen LogP contribution >= 0.6 is 0 Å². The standard InChI is InChI=1S/C19H16N8O.C11H12N2.C9H8N6O3S/c20-17-24-18(25-19-23-16(26-27(17)19)15-2-1-9-28-15)22-8-5-12-3-4-14-11-21-7-6-13(14)10-12;12-5-3-9-1-2-11-8-13-6-4-10(11)7-9;1-19(16,17)9-12-7(10)15-8(13-9)11-6(14-15)5-3-2-4-18-5/h1-4,6-7,9-11H,5,8H2,(H3,20,22,23,24,25,26);1-2,4,6-8H,3,5,12H2;2-4H,1H3,(H2,10,11,12,13,14). The average molecular weight is 825 g/mol. The van der Waals surface area contributed by atoms with E-state index in [-0.39, 0.29) is 23.5 Å². The van der Waals surface area contributed by atoms with E-state index in [4.69, 9.17) is 26.0 Å². The molecule has 0 amide bonds. The van der Waals surface area contributed by atoms with Crippen LogP contribution < -0.4 is 22.5 Å². The Kier molecular flexibility index (Phi) is 11.0. The quantitative estimate of drug-likeness (QED) is 0.159. The third kappa shape index (κ3) is 8.80. The summed E-state index contributed by atoms with van der Waals surface area (Å²) < 4.78 is 35.8. The van der Waals surface area contributed by atoms with Crippen molar-refractivity contribution in [3.05, 3.63) is 121 Å². The molecule has 0 spiro atoms. The number of nitrogens with zero attached hydrogens (tertiary/aromatic N) is 12. The number of rotatable bonds is 9. The first-order valence-electron chi connectivity index (χ1n) is 18.3. The van der Waals surface area contributed by atoms with E-state index in [1.165, 1.54) is 38.1 Å². The molecule has 21 heteroatoms. The lowest BCUT2D eigenvalue weighted by atomic mass is 10.1. The van der Waals surface area contributed by atoms with Crippen molar-refractivity contribution in [2.24, 2.45) is 5.73 Å². The van der Waals surface area contributed by atoms with Gasteiger partial charge < -0.3 is 31.4 Å². The summed E-state index contributed by atoms with van der Waals surface area (Å²) in [6.07, 6.45) is 13.1. The van der Waals surface area contributed by atoms with E-state index >= 15 is 0 Å². The van der Waals surface area contributed by atoms with E-state index in [0.717, 1.165) is 29.0 Å². The fraction of sp³-hybridized carbons (Fsp3) is 0.128. The molecule has 0 bridgehead atoms. The van der Waals surface area contributed by atoms with Crippen LogP contribution in [0, 0.1) is 0 Å². The first-order chi connectivity index (χ1) is 29.1. The van der Waals surface area contributed by atoms with Crippen molar-refractivity contribution in [2.75, 3.05) is 36.1 Å². The highest BCUT2D eigenvalue weighted by Gasteiger charge is 2.18. The van der Waals surface area contributed by atoms with Gasteiger partial charge in [0.05, 0.1) is 12.5 Å². The minimum atomic E-state index is -3.57. The lowest BCUT2D eigenvalue weighted by Gasteiger charge is -2.07. The number of furan rings is 2. The molecule has 0 aliphatic heterocycles. The fourth-order valence-electron chi connectivity index (χ4n) is 5.92. The molecule has 8 aromatic heterocycles. The Labute approximate surface area is 340 Å². The molecule has 0 fully saturated rings. The summed E-state index contributed by atoms with van der Waals surface area (Å²) in [6.45, 7) is 1.36. The van der Waals surface area contributed by atoms with Gasteiger partial charge in [-0.3, -0.25) is 9.97 Å². The monoisotopic (exact) mass is 824 g/mol. The van der Waals surface area contributed by atoms with Gasteiger partial charge in [-0.2, -0.15) is 38.9 Å². The molecule has 60 heavy (non-hydrogen) atoms. The summed E-state index contributed by atoms with van der Waals surface area (Å²) in [5.74, 6) is 2.53. The van der Waals surface area contributed by atoms with E-state index in [1.54, 1.807) is 36.7 Å². The van der Waals surface area contributed by atoms with Gasteiger partial charge in [-0.1, -0.05) is 36.4 Å². The number of hydrogen-bond acceptors (Lipinski definition) is 18. The Bertz CT molecular complexity index is 3170. The minimum Gasteiger partial charge on any atom is -0.461 e. The number of benzene rings is 2. The zero-order chi connectivity index (χ0) is 41.6. The smallest absolute Gasteiger partial charge is 0.259 e. The van der Waals surface area contributed by atoms with Crippen molar-refractivity contribution in [1.29, 1.82) is 0 Å². The van der Waals surface area contributed by atoms with Crippen LogP contribution in [0.3, 0.4) is 0 Å². The van der Waals surface area contributed by atoms with Gasteiger partial charge in [0.25, 0.3) is 16.7 Å². The van der Waals surface area contributed by atoms with Crippen LogP contribution in [0.15, 0.2) is 124 Å². The van der Waals surface area contributed by atoms with Crippen LogP contribution in [0.4, 0.5) is 17.8 Å². The van der Waals surface area contributed by atoms with Gasteiger partial charge in [0.1, 0.15) is 0 Å². The van der Waals surface area contributed by atoms with Crippen LogP contribution in [0.1, 0.15) is 11.1 Å². The van der Waals surface area contributed by atoms with Crippen molar-refractivity contribution in [3.63, 3.8) is 0 Å². The predicted molar refractivity (Wildman–Crippen MR) is 223 cm³/mol. The summed E-state index contributed by atoms with van der Waals surface area (Å²) in [5, 5.41) is 15.8. The lowest BCUT2D eigenvalue weighted by molar-refractivity contribution is 0.577. The summed E-state index contributed by atoms with van der Waals surface area (Å²) in [7, 11) is -3.57. The molecule has 10 aromatic rings. The molecule has 8 heterocycles. The number of aromatic nitrogens is 12. The highest BCUT2D eigenvalue weighted by molar-refractivity contribution is 7.90. The molecule has 302 valence electrons. The van der Waals surface area contributed by atoms with E-state index < -0.39 is 15.0 Å². The van der Waals surface area contributed by atoms with Gasteiger partial charge in [0.15, 0.2) is 11.5 Å². The normalized spacial score (nSPS) is 11.4. The van der Waals surface area contributed by atoms with Crippen LogP contribution in [0.2, 0.25) is 0 Å². The second-order valence-electron chi connectivity index (χ2n) is 13.1. The van der Waals surface area contributed by atoms with Crippen molar-refractivity contribution in [3.8, 4) is 23.2 Å². The van der Waals surface area contributed by atoms with Crippen molar-refractivity contribution < 1.29 is 17.3 Å². The van der Waals surface area contributed by atoms with Gasteiger partial charge >= 0.3 is 0 Å². The third-order valence-electron chi connectivity index (χ3n) is 8.80. The van der Waals surface area contributed by atoms with Crippen LogP contribution in [-0.2, 0) is 22.7 Å². The van der Waals surface area contributed by atoms with Gasteiger partial charge in [-0.15, -0.1) is 10.2 Å². The number of nitrogens with one attached hydrogen (secondary N) is 1. The van der Waals surface area contributed by atoms with E-state index in [1.807, 2.05) is 30.7 Å². The number of nitrogens with two attached hydrogens (primary N) is 3. The first-order valence-corrected chi connectivity index (χ1v) is 20.2. The maximum atomic E-state index is 11.4. The molecule has 20 nitrogen and oxygen atoms in total. The van der Waals surface area contributed by atoms with Gasteiger partial charge in [-0.05, 0) is 77.7 Å². The van der Waals surface area contributed by atoms with E-state index in [9.17, 15) is 8.42 Å². The minimum absolute atomic E-state index is 0.0410. The second kappa shape index (κ2) is 16.9. The Balaban J connectivity index is 0.000000135. The summed E-state index contributed by atoms with van der Waals surface area (Å²) in [5.41, 5.74) is 19.6. The highest BCUT2D eigenvalue weighted by Crippen LogP contribution is 2.20. The third-order valence-corrected chi connectivity index (χ3v) is 9.65. The Morgan fingerprint density at radius 1 is 0.650 bits per heavy atom. The molecule has 10 rings (SSSR count).